The van der Waals surface area contributed by atoms with Gasteiger partial charge in [-0.3, -0.25) is 9.52 Å². The third-order valence-electron chi connectivity index (χ3n) is 4.86. The summed E-state index contributed by atoms with van der Waals surface area (Å²) in [5, 5.41) is 6.13. The van der Waals surface area contributed by atoms with Gasteiger partial charge in [0, 0.05) is 16.9 Å². The van der Waals surface area contributed by atoms with Gasteiger partial charge in [-0.15, -0.1) is 4.40 Å². The van der Waals surface area contributed by atoms with E-state index >= 15 is 0 Å². The van der Waals surface area contributed by atoms with Crippen LogP contribution in [0.2, 0.25) is 0 Å². The summed E-state index contributed by atoms with van der Waals surface area (Å²) in [6.45, 7) is 7.66. The molecule has 0 atom stereocenters. The number of hydrogen-bond donors (Lipinski definition) is 4. The summed E-state index contributed by atoms with van der Waals surface area (Å²) in [7, 11) is -3.88. The first-order valence-electron chi connectivity index (χ1n) is 9.79. The van der Waals surface area contributed by atoms with Crippen molar-refractivity contribution in [3.05, 3.63) is 71.9 Å². The number of amides is 1. The second-order valence-electron chi connectivity index (χ2n) is 8.11. The molecule has 2 aliphatic heterocycles. The van der Waals surface area contributed by atoms with Crippen LogP contribution in [0.1, 0.15) is 25.0 Å². The summed E-state index contributed by atoms with van der Waals surface area (Å²) < 4.78 is 35.2. The van der Waals surface area contributed by atoms with Gasteiger partial charge < -0.3 is 21.1 Å². The van der Waals surface area contributed by atoms with Crippen molar-refractivity contribution in [3.63, 3.8) is 0 Å². The van der Waals surface area contributed by atoms with Gasteiger partial charge in [0.2, 0.25) is 0 Å². The van der Waals surface area contributed by atoms with Gasteiger partial charge in [0.15, 0.2) is 5.84 Å². The molecule has 0 saturated heterocycles. The van der Waals surface area contributed by atoms with Crippen LogP contribution in [0, 0.1) is 0 Å². The second-order valence-corrected chi connectivity index (χ2v) is 9.45. The van der Waals surface area contributed by atoms with Crippen molar-refractivity contribution in [2.24, 2.45) is 10.1 Å². The van der Waals surface area contributed by atoms with Gasteiger partial charge in [0.25, 0.3) is 5.91 Å². The van der Waals surface area contributed by atoms with Crippen LogP contribution in [-0.4, -0.2) is 32.3 Å². The fourth-order valence-corrected chi connectivity index (χ4v) is 4.33. The molecular formula is C22H23N5O4S. The number of fused-ring (bicyclic) bond motifs is 2. The number of nitrogens with two attached hydrogens (primary N) is 1. The minimum Gasteiger partial charge on any atom is -0.490 e. The molecule has 1 amide bonds. The van der Waals surface area contributed by atoms with Crippen LogP contribution in [-0.2, 0) is 15.0 Å². The highest BCUT2D eigenvalue weighted by molar-refractivity contribution is 7.91. The number of nitrogens with one attached hydrogen (secondary N) is 3. The van der Waals surface area contributed by atoms with Crippen molar-refractivity contribution < 1.29 is 17.9 Å². The van der Waals surface area contributed by atoms with Crippen molar-refractivity contribution in [1.29, 1.82) is 0 Å². The van der Waals surface area contributed by atoms with Gasteiger partial charge in [-0.25, -0.2) is 0 Å². The lowest BCUT2D eigenvalue weighted by Crippen LogP contribution is -2.48. The van der Waals surface area contributed by atoms with Gasteiger partial charge in [0.1, 0.15) is 12.4 Å². The standard InChI is InChI=1S/C22H23N5O4S/c1-13-11-15(14-7-4-5-8-16(14)24-13)21(28)25-22(2,3)12-31-18-10-6-9-17-19(18)20(23)27-32(29,30)26-17/h4-11,24,26H,1,12H2,2-3H3,(H2,23,27)(H,25,28). The number of rotatable bonds is 5. The number of nitrogens with zero attached hydrogens (tertiary/aromatic N) is 1. The lowest BCUT2D eigenvalue weighted by molar-refractivity contribution is -0.117. The predicted octanol–water partition coefficient (Wildman–Crippen LogP) is 2.36. The molecule has 2 heterocycles. The first-order valence-corrected chi connectivity index (χ1v) is 11.2. The summed E-state index contributed by atoms with van der Waals surface area (Å²) in [6, 6.07) is 12.4. The number of carbonyl (C=O) groups is 1. The van der Waals surface area contributed by atoms with Gasteiger partial charge in [-0.1, -0.05) is 30.8 Å². The zero-order valence-electron chi connectivity index (χ0n) is 17.6. The second kappa shape index (κ2) is 7.72. The molecule has 9 nitrogen and oxygen atoms in total. The minimum atomic E-state index is -3.88. The molecule has 0 aromatic heterocycles. The van der Waals surface area contributed by atoms with Crippen molar-refractivity contribution in [2.45, 2.75) is 19.4 Å². The number of anilines is 2. The fraction of sp³-hybridized carbons (Fsp3) is 0.182. The lowest BCUT2D eigenvalue weighted by atomic mass is 9.97. The molecular weight excluding hydrogens is 430 g/mol. The van der Waals surface area contributed by atoms with Gasteiger partial charge in [-0.05, 0) is 38.1 Å². The van der Waals surface area contributed by atoms with Gasteiger partial charge in [-0.2, -0.15) is 8.42 Å². The molecule has 0 bridgehead atoms. The molecule has 32 heavy (non-hydrogen) atoms. The average Bonchev–Trinajstić information content (AvgIpc) is 2.70. The van der Waals surface area contributed by atoms with E-state index in [1.807, 2.05) is 38.1 Å². The molecule has 0 spiro atoms. The van der Waals surface area contributed by atoms with E-state index in [1.165, 1.54) is 0 Å². The molecule has 0 saturated carbocycles. The normalized spacial score (nSPS) is 16.4. The number of amidine groups is 1. The monoisotopic (exact) mass is 453 g/mol. The SMILES string of the molecule is C=C1C=C(C(=O)NC(C)(C)COc2cccc3c2C(N)=NS(=O)(=O)N3)c2ccccc2N1. The first-order chi connectivity index (χ1) is 15.0. The van der Waals surface area contributed by atoms with Crippen LogP contribution in [0.5, 0.6) is 5.75 Å². The Labute approximate surface area is 186 Å². The third kappa shape index (κ3) is 4.30. The molecule has 5 N–H and O–H groups in total. The molecule has 166 valence electrons. The van der Waals surface area contributed by atoms with Crippen molar-refractivity contribution >= 4 is 38.9 Å². The van der Waals surface area contributed by atoms with Crippen LogP contribution < -0.4 is 25.8 Å². The van der Waals surface area contributed by atoms with E-state index in [4.69, 9.17) is 10.5 Å². The Morgan fingerprint density at radius 1 is 1.19 bits per heavy atom. The number of ether oxygens (including phenoxy) is 1. The maximum absolute atomic E-state index is 13.1. The average molecular weight is 454 g/mol. The number of benzene rings is 2. The Morgan fingerprint density at radius 2 is 1.91 bits per heavy atom. The van der Waals surface area contributed by atoms with E-state index in [0.717, 1.165) is 11.3 Å². The molecule has 2 aromatic carbocycles. The molecule has 2 aromatic rings. The summed E-state index contributed by atoms with van der Waals surface area (Å²) in [5.41, 5.74) is 8.45. The Bertz CT molecular complexity index is 1300. The zero-order chi connectivity index (χ0) is 23.1. The number of allylic oxidation sites excluding steroid dienone is 1. The molecule has 0 aliphatic carbocycles. The highest BCUT2D eigenvalue weighted by atomic mass is 32.2. The molecule has 10 heteroatoms. The van der Waals surface area contributed by atoms with Crippen molar-refractivity contribution in [3.8, 4) is 5.75 Å². The van der Waals surface area contributed by atoms with Crippen LogP contribution in [0.25, 0.3) is 5.57 Å². The van der Waals surface area contributed by atoms with Gasteiger partial charge in [0.05, 0.1) is 22.4 Å². The van der Waals surface area contributed by atoms with Gasteiger partial charge >= 0.3 is 10.2 Å². The van der Waals surface area contributed by atoms with E-state index < -0.39 is 15.7 Å². The highest BCUT2D eigenvalue weighted by Gasteiger charge is 2.29. The van der Waals surface area contributed by atoms with Crippen molar-refractivity contribution in [1.82, 2.24) is 5.32 Å². The number of hydrogen-bond acceptors (Lipinski definition) is 6. The quantitative estimate of drug-likeness (QED) is 0.549. The number of para-hydroxylation sites is 1. The van der Waals surface area contributed by atoms with Crippen LogP contribution in [0.4, 0.5) is 11.4 Å². The van der Waals surface area contributed by atoms with Crippen molar-refractivity contribution in [2.75, 3.05) is 16.6 Å². The molecule has 0 unspecified atom stereocenters. The lowest BCUT2D eigenvalue weighted by Gasteiger charge is -2.29. The fourth-order valence-electron chi connectivity index (χ4n) is 3.48. The molecule has 4 rings (SSSR count). The van der Waals surface area contributed by atoms with E-state index in [9.17, 15) is 13.2 Å². The maximum Gasteiger partial charge on any atom is 0.344 e. The summed E-state index contributed by atoms with van der Waals surface area (Å²) in [4.78, 5) is 13.1. The molecule has 2 aliphatic rings. The van der Waals surface area contributed by atoms with E-state index in [2.05, 4.69) is 26.3 Å². The van der Waals surface area contributed by atoms with E-state index in [-0.39, 0.29) is 24.0 Å². The van der Waals surface area contributed by atoms with Crippen LogP contribution in [0.3, 0.4) is 0 Å². The Morgan fingerprint density at radius 3 is 2.69 bits per heavy atom. The van der Waals surface area contributed by atoms with E-state index in [0.29, 0.717) is 22.6 Å². The minimum absolute atomic E-state index is 0.101. The largest absolute Gasteiger partial charge is 0.490 e. The maximum atomic E-state index is 13.1. The predicted molar refractivity (Wildman–Crippen MR) is 125 cm³/mol. The Hall–Kier alpha value is -3.79. The molecule has 0 fully saturated rings. The first kappa shape index (κ1) is 21.4. The van der Waals surface area contributed by atoms with Crippen LogP contribution >= 0.6 is 0 Å². The Kier molecular flexibility index (Phi) is 5.17. The summed E-state index contributed by atoms with van der Waals surface area (Å²) in [5.74, 6) is -0.0721. The summed E-state index contributed by atoms with van der Waals surface area (Å²) in [6.07, 6.45) is 1.70. The Balaban J connectivity index is 1.51. The zero-order valence-corrected chi connectivity index (χ0v) is 18.4. The summed E-state index contributed by atoms with van der Waals surface area (Å²) >= 11 is 0. The third-order valence-corrected chi connectivity index (χ3v) is 5.77. The highest BCUT2D eigenvalue weighted by Crippen LogP contribution is 2.32. The molecule has 0 radical (unpaired) electrons. The topological polar surface area (TPSA) is 135 Å². The number of carbonyl (C=O) groups excluding carboxylic acids is 1. The van der Waals surface area contributed by atoms with E-state index in [1.54, 1.807) is 24.3 Å². The van der Waals surface area contributed by atoms with Crippen LogP contribution in [0.15, 0.2) is 65.2 Å². The smallest absolute Gasteiger partial charge is 0.344 e.